The molecule has 3 nitrogen and oxygen atoms in total. The van der Waals surface area contributed by atoms with Crippen molar-refractivity contribution in [1.82, 2.24) is 0 Å². The standard InChI is InChI=1S/C21H27N3S/c1-6-18(9-12-22)21-15-20(8-7-16(21)2)24-17(3)19(10-13-23-4)11-14-25-5/h6-15,24H,3,22H2,1-2,4-5H3/b12-9-,14-11+,18-6+,19-10+,23-13-. The molecule has 0 unspecified atom stereocenters. The molecule has 0 amide bonds. The van der Waals surface area contributed by atoms with Gasteiger partial charge in [-0.2, -0.15) is 0 Å². The summed E-state index contributed by atoms with van der Waals surface area (Å²) in [6, 6.07) is 6.25. The minimum atomic E-state index is 0.816. The molecule has 0 bridgehead atoms. The first-order chi connectivity index (χ1) is 12.1. The van der Waals surface area contributed by atoms with Crippen molar-refractivity contribution in [2.45, 2.75) is 13.8 Å². The quantitative estimate of drug-likeness (QED) is 0.492. The average molecular weight is 354 g/mol. The van der Waals surface area contributed by atoms with Crippen LogP contribution in [0.4, 0.5) is 5.69 Å². The molecule has 0 saturated carbocycles. The number of aliphatic imine (C=N–C) groups is 1. The van der Waals surface area contributed by atoms with Gasteiger partial charge in [0.15, 0.2) is 0 Å². The summed E-state index contributed by atoms with van der Waals surface area (Å²) in [6.07, 6.45) is 13.3. The van der Waals surface area contributed by atoms with E-state index in [1.807, 2.05) is 42.9 Å². The Bertz CT molecular complexity index is 738. The second-order valence-electron chi connectivity index (χ2n) is 5.30. The number of nitrogens with zero attached hydrogens (tertiary/aromatic N) is 1. The van der Waals surface area contributed by atoms with E-state index in [9.17, 15) is 0 Å². The van der Waals surface area contributed by atoms with Gasteiger partial charge in [-0.3, -0.25) is 4.99 Å². The van der Waals surface area contributed by atoms with Crippen LogP contribution >= 0.6 is 11.8 Å². The molecule has 0 fully saturated rings. The Hall–Kier alpha value is -2.46. The van der Waals surface area contributed by atoms with Crippen molar-refractivity contribution in [3.05, 3.63) is 83.1 Å². The fourth-order valence-corrected chi connectivity index (χ4v) is 2.54. The third-order valence-corrected chi connectivity index (χ3v) is 3.97. The molecular weight excluding hydrogens is 326 g/mol. The molecule has 1 aromatic rings. The van der Waals surface area contributed by atoms with Gasteiger partial charge < -0.3 is 11.1 Å². The summed E-state index contributed by atoms with van der Waals surface area (Å²) in [6.45, 7) is 8.25. The molecule has 132 valence electrons. The summed E-state index contributed by atoms with van der Waals surface area (Å²) < 4.78 is 0. The van der Waals surface area contributed by atoms with Crippen molar-refractivity contribution >= 4 is 29.2 Å². The van der Waals surface area contributed by atoms with Crippen molar-refractivity contribution in [3.8, 4) is 0 Å². The number of rotatable bonds is 8. The van der Waals surface area contributed by atoms with Crippen LogP contribution in [0.5, 0.6) is 0 Å². The lowest BCUT2D eigenvalue weighted by molar-refractivity contribution is 1.38. The Morgan fingerprint density at radius 1 is 1.32 bits per heavy atom. The molecule has 0 saturated heterocycles. The minimum absolute atomic E-state index is 0.816. The first kappa shape index (κ1) is 20.6. The van der Waals surface area contributed by atoms with E-state index in [4.69, 9.17) is 5.73 Å². The van der Waals surface area contributed by atoms with Crippen LogP contribution in [-0.2, 0) is 0 Å². The van der Waals surface area contributed by atoms with Crippen LogP contribution in [-0.4, -0.2) is 19.5 Å². The summed E-state index contributed by atoms with van der Waals surface area (Å²) in [4.78, 5) is 4.02. The molecule has 3 N–H and O–H groups in total. The van der Waals surface area contributed by atoms with E-state index < -0.39 is 0 Å². The Labute approximate surface area is 155 Å². The third-order valence-electron chi connectivity index (χ3n) is 3.57. The second kappa shape index (κ2) is 11.2. The van der Waals surface area contributed by atoms with E-state index in [1.54, 1.807) is 31.2 Å². The highest BCUT2D eigenvalue weighted by Gasteiger charge is 2.06. The molecular formula is C21H27N3S. The van der Waals surface area contributed by atoms with Crippen LogP contribution in [0.15, 0.2) is 77.0 Å². The SMILES string of the molecule is C=C(Nc1ccc(C)c(C(/C=C\N)=C/C)c1)C(/C=C/SC)=C/C=N\C. The fourth-order valence-electron chi connectivity index (χ4n) is 2.26. The monoisotopic (exact) mass is 353 g/mol. The van der Waals surface area contributed by atoms with E-state index >= 15 is 0 Å². The molecule has 0 heterocycles. The molecule has 0 atom stereocenters. The van der Waals surface area contributed by atoms with Gasteiger partial charge in [-0.15, -0.1) is 11.8 Å². The van der Waals surface area contributed by atoms with E-state index in [-0.39, 0.29) is 0 Å². The highest BCUT2D eigenvalue weighted by atomic mass is 32.2. The molecule has 1 aromatic carbocycles. The summed E-state index contributed by atoms with van der Waals surface area (Å²) >= 11 is 1.64. The highest BCUT2D eigenvalue weighted by Crippen LogP contribution is 2.25. The lowest BCUT2D eigenvalue weighted by atomic mass is 9.99. The van der Waals surface area contributed by atoms with Crippen LogP contribution < -0.4 is 11.1 Å². The number of aryl methyl sites for hydroxylation is 1. The normalized spacial score (nSPS) is 13.3. The van der Waals surface area contributed by atoms with Crippen molar-refractivity contribution < 1.29 is 0 Å². The smallest absolute Gasteiger partial charge is 0.0390 e. The van der Waals surface area contributed by atoms with E-state index in [0.717, 1.165) is 28.1 Å². The Balaban J connectivity index is 3.13. The Morgan fingerprint density at radius 3 is 2.68 bits per heavy atom. The highest BCUT2D eigenvalue weighted by molar-refractivity contribution is 8.01. The molecule has 0 aliphatic heterocycles. The molecule has 0 aliphatic rings. The van der Waals surface area contributed by atoms with E-state index in [2.05, 4.69) is 42.0 Å². The van der Waals surface area contributed by atoms with Crippen LogP contribution in [0.2, 0.25) is 0 Å². The topological polar surface area (TPSA) is 50.4 Å². The maximum absolute atomic E-state index is 5.56. The zero-order valence-electron chi connectivity index (χ0n) is 15.4. The lowest BCUT2D eigenvalue weighted by Gasteiger charge is -2.14. The van der Waals surface area contributed by atoms with Crippen molar-refractivity contribution in [3.63, 3.8) is 0 Å². The molecule has 0 aliphatic carbocycles. The molecule has 25 heavy (non-hydrogen) atoms. The zero-order chi connectivity index (χ0) is 18.7. The second-order valence-corrected chi connectivity index (χ2v) is 6.05. The summed E-state index contributed by atoms with van der Waals surface area (Å²) in [5, 5.41) is 5.40. The number of anilines is 1. The van der Waals surface area contributed by atoms with Crippen molar-refractivity contribution in [2.75, 3.05) is 18.6 Å². The lowest BCUT2D eigenvalue weighted by Crippen LogP contribution is -2.01. The number of thioether (sulfide) groups is 1. The van der Waals surface area contributed by atoms with Gasteiger partial charge in [0.05, 0.1) is 0 Å². The van der Waals surface area contributed by atoms with Crippen LogP contribution in [0.25, 0.3) is 5.57 Å². The van der Waals surface area contributed by atoms with Gasteiger partial charge in [-0.1, -0.05) is 18.7 Å². The molecule has 1 rings (SSSR count). The molecule has 0 spiro atoms. The van der Waals surface area contributed by atoms with E-state index in [0.29, 0.717) is 0 Å². The summed E-state index contributed by atoms with van der Waals surface area (Å²) in [7, 11) is 1.75. The Morgan fingerprint density at radius 2 is 2.08 bits per heavy atom. The fraction of sp³-hybridized carbons (Fsp3) is 0.190. The number of nitrogens with two attached hydrogens (primary N) is 1. The van der Waals surface area contributed by atoms with Gasteiger partial charge in [0.2, 0.25) is 0 Å². The van der Waals surface area contributed by atoms with Gasteiger partial charge in [0.25, 0.3) is 0 Å². The number of benzene rings is 1. The van der Waals surface area contributed by atoms with Crippen LogP contribution in [0, 0.1) is 6.92 Å². The molecule has 4 heteroatoms. The Kier molecular flexibility index (Phi) is 9.19. The number of hydrogen-bond acceptors (Lipinski definition) is 4. The molecule has 0 radical (unpaired) electrons. The largest absolute Gasteiger partial charge is 0.405 e. The first-order valence-electron chi connectivity index (χ1n) is 8.01. The van der Waals surface area contributed by atoms with Crippen molar-refractivity contribution in [1.29, 1.82) is 0 Å². The molecule has 0 aromatic heterocycles. The van der Waals surface area contributed by atoms with Gasteiger partial charge in [0.1, 0.15) is 0 Å². The predicted molar refractivity (Wildman–Crippen MR) is 116 cm³/mol. The maximum Gasteiger partial charge on any atom is 0.0390 e. The average Bonchev–Trinajstić information content (AvgIpc) is 2.61. The van der Waals surface area contributed by atoms with Crippen LogP contribution in [0.3, 0.4) is 0 Å². The third kappa shape index (κ3) is 6.51. The summed E-state index contributed by atoms with van der Waals surface area (Å²) in [5.41, 5.74) is 11.8. The predicted octanol–water partition coefficient (Wildman–Crippen LogP) is 5.30. The van der Waals surface area contributed by atoms with Gasteiger partial charge >= 0.3 is 0 Å². The first-order valence-corrected chi connectivity index (χ1v) is 9.29. The minimum Gasteiger partial charge on any atom is -0.405 e. The zero-order valence-corrected chi connectivity index (χ0v) is 16.2. The van der Waals surface area contributed by atoms with E-state index in [1.165, 1.54) is 5.56 Å². The van der Waals surface area contributed by atoms with Crippen molar-refractivity contribution in [2.24, 2.45) is 10.7 Å². The van der Waals surface area contributed by atoms with Gasteiger partial charge in [-0.25, -0.2) is 0 Å². The van der Waals surface area contributed by atoms with Crippen LogP contribution in [0.1, 0.15) is 18.1 Å². The maximum atomic E-state index is 5.56. The number of allylic oxidation sites excluding steroid dienone is 5. The van der Waals surface area contributed by atoms with Gasteiger partial charge in [0, 0.05) is 24.6 Å². The number of nitrogens with one attached hydrogen (secondary N) is 1. The summed E-state index contributed by atoms with van der Waals surface area (Å²) in [5.74, 6) is 0. The number of hydrogen-bond donors (Lipinski definition) is 2. The van der Waals surface area contributed by atoms with Gasteiger partial charge in [-0.05, 0) is 84.3 Å².